The molecule has 4 nitrogen and oxygen atoms in total. The summed E-state index contributed by atoms with van der Waals surface area (Å²) < 4.78 is 4.62. The highest BCUT2D eigenvalue weighted by atomic mass is 15.2. The van der Waals surface area contributed by atoms with E-state index in [4.69, 9.17) is 9.97 Å². The van der Waals surface area contributed by atoms with E-state index in [0.717, 1.165) is 39.7 Å². The molecule has 0 saturated carbocycles. The summed E-state index contributed by atoms with van der Waals surface area (Å²) in [5.41, 5.74) is 13.9. The minimum Gasteiger partial charge on any atom is -0.309 e. The minimum atomic E-state index is 0.297. The van der Waals surface area contributed by atoms with E-state index in [2.05, 4.69) is 198 Å². The number of hydrogen-bond acceptors (Lipinski definition) is 2. The highest BCUT2D eigenvalue weighted by Gasteiger charge is 2.23. The van der Waals surface area contributed by atoms with Gasteiger partial charge in [-0.2, -0.15) is 0 Å². The lowest BCUT2D eigenvalue weighted by Crippen LogP contribution is -2.10. The fourth-order valence-electron chi connectivity index (χ4n) is 8.80. The van der Waals surface area contributed by atoms with Crippen molar-refractivity contribution in [3.8, 4) is 22.8 Å². The first-order valence-corrected chi connectivity index (χ1v) is 19.1. The van der Waals surface area contributed by atoms with E-state index >= 15 is 0 Å². The molecule has 10 aromatic rings. The van der Waals surface area contributed by atoms with Crippen molar-refractivity contribution in [2.75, 3.05) is 0 Å². The largest absolute Gasteiger partial charge is 0.309 e. The highest BCUT2D eigenvalue weighted by Crippen LogP contribution is 2.41. The third kappa shape index (κ3) is 5.06. The summed E-state index contributed by atoms with van der Waals surface area (Å²) in [5.74, 6) is 0.986. The lowest BCUT2D eigenvalue weighted by molar-refractivity contribution is 0.766. The molecule has 0 aliphatic heterocycles. The Bertz CT molecular complexity index is 3180. The zero-order valence-corrected chi connectivity index (χ0v) is 30.4. The van der Waals surface area contributed by atoms with Crippen LogP contribution in [-0.4, -0.2) is 19.1 Å². The Labute approximate surface area is 319 Å². The van der Waals surface area contributed by atoms with E-state index in [0.29, 0.717) is 11.9 Å². The van der Waals surface area contributed by atoms with Crippen LogP contribution in [0.5, 0.6) is 0 Å². The summed E-state index contributed by atoms with van der Waals surface area (Å²) in [6.07, 6.45) is 5.52. The van der Waals surface area contributed by atoms with Crippen LogP contribution in [0.15, 0.2) is 182 Å². The predicted octanol–water partition coefficient (Wildman–Crippen LogP) is 13.0. The Balaban J connectivity index is 1.07. The second kappa shape index (κ2) is 12.5. The van der Waals surface area contributed by atoms with Crippen LogP contribution in [0.1, 0.15) is 24.6 Å². The molecule has 3 aromatic heterocycles. The molecule has 7 aromatic carbocycles. The standard InChI is InChI=1S/C51H36N4/c1-33-30-35(34-14-4-2-5-15-34)24-27-39(33)50-42-20-8-11-21-45(42)52-51(53-50)55-47-23-13-10-19-41(47)44-32-37(26-29-49(44)55)36-25-28-48-43(31-36)40-18-9-12-22-46(40)54(48)38-16-6-3-7-17-38/h2-29,31-33H,30H2,1H3. The van der Waals surface area contributed by atoms with E-state index in [9.17, 15) is 0 Å². The molecule has 1 atom stereocenters. The number of allylic oxidation sites excluding steroid dienone is 4. The van der Waals surface area contributed by atoms with Crippen molar-refractivity contribution < 1.29 is 0 Å². The average Bonchev–Trinajstić information content (AvgIpc) is 3.76. The molecule has 0 spiro atoms. The summed E-state index contributed by atoms with van der Waals surface area (Å²) in [4.78, 5) is 10.7. The SMILES string of the molecule is CC1CC(c2ccccc2)=CC=C1c1nc(-n2c3ccccc3c3cc(-c4ccc5c(c4)c4ccccc4n5-c4ccccc4)ccc32)nc2ccccc12. The number of rotatable bonds is 5. The lowest BCUT2D eigenvalue weighted by Gasteiger charge is -2.23. The zero-order valence-electron chi connectivity index (χ0n) is 30.4. The fraction of sp³-hybridized carbons (Fsp3) is 0.0588. The van der Waals surface area contributed by atoms with Crippen molar-refractivity contribution in [1.82, 2.24) is 19.1 Å². The molecule has 260 valence electrons. The molecule has 11 rings (SSSR count). The third-order valence-electron chi connectivity index (χ3n) is 11.4. The molecule has 4 heteroatoms. The van der Waals surface area contributed by atoms with Crippen LogP contribution in [0.4, 0.5) is 0 Å². The number of benzene rings is 7. The molecule has 1 unspecified atom stereocenters. The van der Waals surface area contributed by atoms with Crippen LogP contribution in [-0.2, 0) is 0 Å². The van der Waals surface area contributed by atoms with Gasteiger partial charge in [0.25, 0.3) is 0 Å². The quantitative estimate of drug-likeness (QED) is 0.179. The molecule has 0 saturated heterocycles. The van der Waals surface area contributed by atoms with Crippen molar-refractivity contribution in [2.24, 2.45) is 5.92 Å². The van der Waals surface area contributed by atoms with Crippen molar-refractivity contribution in [3.05, 3.63) is 193 Å². The smallest absolute Gasteiger partial charge is 0.235 e. The second-order valence-electron chi connectivity index (χ2n) is 14.7. The summed E-state index contributed by atoms with van der Waals surface area (Å²) in [6.45, 7) is 2.32. The van der Waals surface area contributed by atoms with Crippen molar-refractivity contribution in [2.45, 2.75) is 13.3 Å². The van der Waals surface area contributed by atoms with Gasteiger partial charge in [-0.1, -0.05) is 134 Å². The van der Waals surface area contributed by atoms with Gasteiger partial charge >= 0.3 is 0 Å². The Morgan fingerprint density at radius 3 is 1.67 bits per heavy atom. The van der Waals surface area contributed by atoms with Crippen LogP contribution in [0.2, 0.25) is 0 Å². The maximum Gasteiger partial charge on any atom is 0.235 e. The van der Waals surface area contributed by atoms with Gasteiger partial charge in [0.1, 0.15) is 0 Å². The van der Waals surface area contributed by atoms with Gasteiger partial charge in [-0.25, -0.2) is 9.97 Å². The second-order valence-corrected chi connectivity index (χ2v) is 14.7. The maximum absolute atomic E-state index is 5.44. The first-order valence-electron chi connectivity index (χ1n) is 19.1. The molecule has 3 heterocycles. The fourth-order valence-corrected chi connectivity index (χ4v) is 8.80. The molecule has 0 fully saturated rings. The molecule has 0 amide bonds. The molecule has 1 aliphatic carbocycles. The van der Waals surface area contributed by atoms with Gasteiger partial charge < -0.3 is 4.57 Å². The van der Waals surface area contributed by atoms with Crippen LogP contribution < -0.4 is 0 Å². The molecule has 0 bridgehead atoms. The van der Waals surface area contributed by atoms with Crippen LogP contribution >= 0.6 is 0 Å². The van der Waals surface area contributed by atoms with Crippen molar-refractivity contribution in [1.29, 1.82) is 0 Å². The van der Waals surface area contributed by atoms with E-state index in [1.807, 2.05) is 0 Å². The number of nitrogens with zero attached hydrogens (tertiary/aromatic N) is 4. The predicted molar refractivity (Wildman–Crippen MR) is 230 cm³/mol. The summed E-state index contributed by atoms with van der Waals surface area (Å²) in [7, 11) is 0. The normalized spacial score (nSPS) is 14.6. The van der Waals surface area contributed by atoms with Crippen LogP contribution in [0.3, 0.4) is 0 Å². The molecule has 55 heavy (non-hydrogen) atoms. The molecule has 0 N–H and O–H groups in total. The van der Waals surface area contributed by atoms with Gasteiger partial charge in [0.15, 0.2) is 0 Å². The average molecular weight is 705 g/mol. The molecular weight excluding hydrogens is 669 g/mol. The van der Waals surface area contributed by atoms with Crippen LogP contribution in [0.25, 0.3) is 88.4 Å². The Kier molecular flexibility index (Phi) is 7.17. The number of aromatic nitrogens is 4. The third-order valence-corrected chi connectivity index (χ3v) is 11.4. The first-order chi connectivity index (χ1) is 27.2. The number of hydrogen-bond donors (Lipinski definition) is 0. The first kappa shape index (κ1) is 31.5. The molecule has 1 aliphatic rings. The topological polar surface area (TPSA) is 35.6 Å². The summed E-state index contributed by atoms with van der Waals surface area (Å²) >= 11 is 0. The van der Waals surface area contributed by atoms with Gasteiger partial charge in [0.05, 0.1) is 33.3 Å². The number of para-hydroxylation sites is 4. The van der Waals surface area contributed by atoms with E-state index in [-0.39, 0.29) is 0 Å². The Hall–Kier alpha value is -7.04. The lowest BCUT2D eigenvalue weighted by atomic mass is 9.83. The molecule has 0 radical (unpaired) electrons. The monoisotopic (exact) mass is 704 g/mol. The maximum atomic E-state index is 5.44. The summed E-state index contributed by atoms with van der Waals surface area (Å²) in [6, 6.07) is 60.8. The summed E-state index contributed by atoms with van der Waals surface area (Å²) in [5, 5.41) is 5.93. The van der Waals surface area contributed by atoms with E-state index in [1.165, 1.54) is 60.4 Å². The van der Waals surface area contributed by atoms with Crippen molar-refractivity contribution >= 4 is 65.7 Å². The van der Waals surface area contributed by atoms with Gasteiger partial charge in [-0.3, -0.25) is 4.57 Å². The molecular formula is C51H36N4. The van der Waals surface area contributed by atoms with E-state index in [1.54, 1.807) is 0 Å². The van der Waals surface area contributed by atoms with Crippen molar-refractivity contribution in [3.63, 3.8) is 0 Å². The highest BCUT2D eigenvalue weighted by molar-refractivity contribution is 6.12. The Morgan fingerprint density at radius 1 is 0.455 bits per heavy atom. The van der Waals surface area contributed by atoms with E-state index < -0.39 is 0 Å². The van der Waals surface area contributed by atoms with Gasteiger partial charge in [-0.15, -0.1) is 0 Å². The number of fused-ring (bicyclic) bond motifs is 7. The van der Waals surface area contributed by atoms with Gasteiger partial charge in [0, 0.05) is 32.6 Å². The zero-order chi connectivity index (χ0) is 36.5. The van der Waals surface area contributed by atoms with Gasteiger partial charge in [0.2, 0.25) is 5.95 Å². The van der Waals surface area contributed by atoms with Gasteiger partial charge in [-0.05, 0) is 94.8 Å². The Morgan fingerprint density at radius 2 is 1.00 bits per heavy atom. The van der Waals surface area contributed by atoms with Crippen LogP contribution in [0, 0.1) is 5.92 Å². The minimum absolute atomic E-state index is 0.297.